The van der Waals surface area contributed by atoms with Gasteiger partial charge in [-0.3, -0.25) is 9.59 Å². The summed E-state index contributed by atoms with van der Waals surface area (Å²) < 4.78 is 13.2. The molecule has 134 valence electrons. The van der Waals surface area contributed by atoms with Gasteiger partial charge in [0.1, 0.15) is 5.82 Å². The first-order valence-corrected chi connectivity index (χ1v) is 9.17. The predicted molar refractivity (Wildman–Crippen MR) is 103 cm³/mol. The Bertz CT molecular complexity index is 1050. The van der Waals surface area contributed by atoms with Crippen LogP contribution in [0.4, 0.5) is 10.1 Å². The minimum absolute atomic E-state index is 0.200. The predicted octanol–water partition coefficient (Wildman–Crippen LogP) is 4.47. The van der Waals surface area contributed by atoms with Crippen molar-refractivity contribution in [2.75, 3.05) is 5.32 Å². The van der Waals surface area contributed by atoms with Crippen LogP contribution in [0.1, 0.15) is 26.3 Å². The highest BCUT2D eigenvalue weighted by molar-refractivity contribution is 7.99. The number of anilines is 1. The summed E-state index contributed by atoms with van der Waals surface area (Å²) in [6, 6.07) is 18.7. The molecule has 3 aromatic carbocycles. The summed E-state index contributed by atoms with van der Waals surface area (Å²) >= 11 is 1.48. The molecular formula is C21H15FN2O2S. The summed E-state index contributed by atoms with van der Waals surface area (Å²) in [7, 11) is 0. The van der Waals surface area contributed by atoms with Gasteiger partial charge in [0, 0.05) is 21.9 Å². The normalized spacial score (nSPS) is 12.4. The third kappa shape index (κ3) is 3.71. The Morgan fingerprint density at radius 1 is 1.00 bits per heavy atom. The fraction of sp³-hybridized carbons (Fsp3) is 0.0476. The van der Waals surface area contributed by atoms with Crippen LogP contribution in [-0.4, -0.2) is 11.8 Å². The van der Waals surface area contributed by atoms with Crippen LogP contribution in [-0.2, 0) is 6.54 Å². The molecule has 6 heteroatoms. The van der Waals surface area contributed by atoms with Gasteiger partial charge in [0.2, 0.25) is 0 Å². The lowest BCUT2D eigenvalue weighted by Crippen LogP contribution is -2.23. The highest BCUT2D eigenvalue weighted by atomic mass is 32.2. The van der Waals surface area contributed by atoms with Gasteiger partial charge in [0.15, 0.2) is 0 Å². The average molecular weight is 378 g/mol. The van der Waals surface area contributed by atoms with Gasteiger partial charge in [0.05, 0.1) is 11.3 Å². The lowest BCUT2D eigenvalue weighted by atomic mass is 10.1. The fourth-order valence-electron chi connectivity index (χ4n) is 2.84. The number of carbonyl (C=O) groups excluding carboxylic acids is 2. The molecule has 0 fully saturated rings. The van der Waals surface area contributed by atoms with Crippen molar-refractivity contribution in [2.45, 2.75) is 16.3 Å². The highest BCUT2D eigenvalue weighted by Crippen LogP contribution is 2.38. The maximum Gasteiger partial charge on any atom is 0.256 e. The monoisotopic (exact) mass is 378 g/mol. The molecule has 1 aliphatic heterocycles. The second-order valence-corrected chi connectivity index (χ2v) is 7.16. The van der Waals surface area contributed by atoms with E-state index in [1.807, 2.05) is 24.3 Å². The van der Waals surface area contributed by atoms with Crippen LogP contribution in [0.25, 0.3) is 0 Å². The minimum atomic E-state index is -0.342. The molecule has 0 aliphatic carbocycles. The molecule has 2 amide bonds. The standard InChI is InChI=1S/C21H15FN2O2S/c22-15-5-3-4-13(10-15)12-23-20(25)14-8-9-19-17(11-14)24-21(26)16-6-1-2-7-18(16)27-19/h1-11H,12H2,(H,23,25)(H,24,26). The second-order valence-electron chi connectivity index (χ2n) is 6.08. The van der Waals surface area contributed by atoms with Gasteiger partial charge in [0.25, 0.3) is 11.8 Å². The molecule has 0 saturated heterocycles. The molecule has 1 heterocycles. The maximum atomic E-state index is 13.2. The van der Waals surface area contributed by atoms with Crippen molar-refractivity contribution < 1.29 is 14.0 Å². The van der Waals surface area contributed by atoms with Gasteiger partial charge in [-0.2, -0.15) is 0 Å². The van der Waals surface area contributed by atoms with Crippen LogP contribution in [0.2, 0.25) is 0 Å². The Morgan fingerprint density at radius 2 is 1.85 bits per heavy atom. The van der Waals surface area contributed by atoms with Crippen LogP contribution in [0.3, 0.4) is 0 Å². The summed E-state index contributed by atoms with van der Waals surface area (Å²) in [6.07, 6.45) is 0. The lowest BCUT2D eigenvalue weighted by Gasteiger charge is -2.10. The van der Waals surface area contributed by atoms with Gasteiger partial charge in [-0.25, -0.2) is 4.39 Å². The number of benzene rings is 3. The molecule has 0 unspecified atom stereocenters. The number of hydrogen-bond acceptors (Lipinski definition) is 3. The summed E-state index contributed by atoms with van der Waals surface area (Å²) in [5.41, 5.74) is 2.31. The number of carbonyl (C=O) groups is 2. The van der Waals surface area contributed by atoms with E-state index >= 15 is 0 Å². The number of hydrogen-bond donors (Lipinski definition) is 2. The number of amides is 2. The van der Waals surface area contributed by atoms with Gasteiger partial charge in [-0.1, -0.05) is 36.0 Å². The maximum absolute atomic E-state index is 13.2. The smallest absolute Gasteiger partial charge is 0.256 e. The van der Waals surface area contributed by atoms with Crippen LogP contribution >= 0.6 is 11.8 Å². The molecular weight excluding hydrogens is 363 g/mol. The number of rotatable bonds is 3. The number of halogens is 1. The third-order valence-electron chi connectivity index (χ3n) is 4.18. The summed E-state index contributed by atoms with van der Waals surface area (Å²) in [4.78, 5) is 26.6. The van der Waals surface area contributed by atoms with E-state index in [0.717, 1.165) is 9.79 Å². The lowest BCUT2D eigenvalue weighted by molar-refractivity contribution is 0.0949. The molecule has 0 radical (unpaired) electrons. The zero-order chi connectivity index (χ0) is 18.8. The summed E-state index contributed by atoms with van der Waals surface area (Å²) in [5.74, 6) is -0.830. The van der Waals surface area contributed by atoms with E-state index in [1.54, 1.807) is 30.3 Å². The molecule has 4 rings (SSSR count). The molecule has 3 aromatic rings. The molecule has 4 nitrogen and oxygen atoms in total. The van der Waals surface area contributed by atoms with Crippen molar-refractivity contribution in [1.29, 1.82) is 0 Å². The number of fused-ring (bicyclic) bond motifs is 2. The van der Waals surface area contributed by atoms with Crippen LogP contribution in [0.5, 0.6) is 0 Å². The Labute approximate surface area is 159 Å². The van der Waals surface area contributed by atoms with E-state index in [2.05, 4.69) is 10.6 Å². The molecule has 27 heavy (non-hydrogen) atoms. The van der Waals surface area contributed by atoms with Gasteiger partial charge in [-0.05, 0) is 48.0 Å². The Balaban J connectivity index is 1.54. The fourth-order valence-corrected chi connectivity index (χ4v) is 3.85. The summed E-state index contributed by atoms with van der Waals surface area (Å²) in [5, 5.41) is 5.63. The molecule has 0 spiro atoms. The van der Waals surface area contributed by atoms with Crippen LogP contribution in [0.15, 0.2) is 76.5 Å². The van der Waals surface area contributed by atoms with E-state index in [4.69, 9.17) is 0 Å². The van der Waals surface area contributed by atoms with Crippen molar-refractivity contribution in [3.63, 3.8) is 0 Å². The van der Waals surface area contributed by atoms with E-state index in [9.17, 15) is 14.0 Å². The Kier molecular flexibility index (Phi) is 4.64. The van der Waals surface area contributed by atoms with Gasteiger partial charge < -0.3 is 10.6 Å². The molecule has 0 atom stereocenters. The van der Waals surface area contributed by atoms with E-state index < -0.39 is 0 Å². The average Bonchev–Trinajstić information content (AvgIpc) is 2.81. The minimum Gasteiger partial charge on any atom is -0.348 e. The van der Waals surface area contributed by atoms with E-state index in [1.165, 1.54) is 23.9 Å². The Hall–Kier alpha value is -3.12. The Morgan fingerprint density at radius 3 is 2.70 bits per heavy atom. The first-order valence-electron chi connectivity index (χ1n) is 8.35. The van der Waals surface area contributed by atoms with Crippen LogP contribution < -0.4 is 10.6 Å². The number of nitrogens with one attached hydrogen (secondary N) is 2. The largest absolute Gasteiger partial charge is 0.348 e. The van der Waals surface area contributed by atoms with Crippen molar-refractivity contribution in [1.82, 2.24) is 5.32 Å². The van der Waals surface area contributed by atoms with Gasteiger partial charge >= 0.3 is 0 Å². The van der Waals surface area contributed by atoms with Gasteiger partial charge in [-0.15, -0.1) is 0 Å². The molecule has 1 aliphatic rings. The van der Waals surface area contributed by atoms with Crippen molar-refractivity contribution in [3.05, 3.63) is 89.2 Å². The molecule has 0 bridgehead atoms. The third-order valence-corrected chi connectivity index (χ3v) is 5.34. The zero-order valence-corrected chi connectivity index (χ0v) is 15.0. The molecule has 0 aromatic heterocycles. The van der Waals surface area contributed by atoms with Crippen LogP contribution in [0, 0.1) is 5.82 Å². The molecule has 2 N–H and O–H groups in total. The summed E-state index contributed by atoms with van der Waals surface area (Å²) in [6.45, 7) is 0.222. The zero-order valence-electron chi connectivity index (χ0n) is 14.2. The van der Waals surface area contributed by atoms with E-state index in [-0.39, 0.29) is 24.2 Å². The SMILES string of the molecule is O=C(NCc1cccc(F)c1)c1ccc2c(c1)NC(=O)c1ccccc1S2. The second kappa shape index (κ2) is 7.25. The van der Waals surface area contributed by atoms with Crippen molar-refractivity contribution >= 4 is 29.3 Å². The topological polar surface area (TPSA) is 58.2 Å². The van der Waals surface area contributed by atoms with E-state index in [0.29, 0.717) is 22.4 Å². The quantitative estimate of drug-likeness (QED) is 0.707. The first kappa shape index (κ1) is 17.3. The highest BCUT2D eigenvalue weighted by Gasteiger charge is 2.20. The van der Waals surface area contributed by atoms with Crippen molar-refractivity contribution in [3.8, 4) is 0 Å². The first-order chi connectivity index (χ1) is 13.1. The molecule has 0 saturated carbocycles. The van der Waals surface area contributed by atoms with Crippen molar-refractivity contribution in [2.24, 2.45) is 0 Å².